The molecule has 1 fully saturated rings. The van der Waals surface area contributed by atoms with Gasteiger partial charge in [0.15, 0.2) is 0 Å². The maximum atomic E-state index is 12.8. The number of hydrogen-bond donors (Lipinski definition) is 2. The van der Waals surface area contributed by atoms with Crippen LogP contribution in [0.25, 0.3) is 0 Å². The monoisotopic (exact) mass is 313 g/mol. The second-order valence-corrected chi connectivity index (χ2v) is 7.93. The van der Waals surface area contributed by atoms with Crippen LogP contribution in [0.3, 0.4) is 0 Å². The molecule has 1 saturated carbocycles. The van der Waals surface area contributed by atoms with Crippen molar-refractivity contribution in [2.45, 2.75) is 70.0 Å². The van der Waals surface area contributed by atoms with Gasteiger partial charge in [0.1, 0.15) is 0 Å². The molecule has 1 aliphatic carbocycles. The van der Waals surface area contributed by atoms with Crippen LogP contribution >= 0.6 is 0 Å². The average Bonchev–Trinajstić information content (AvgIpc) is 3.08. The first-order valence-electron chi connectivity index (χ1n) is 7.87. The summed E-state index contributed by atoms with van der Waals surface area (Å²) in [6.45, 7) is 7.25. The van der Waals surface area contributed by atoms with Crippen molar-refractivity contribution in [3.8, 4) is 0 Å². The van der Waals surface area contributed by atoms with Gasteiger partial charge >= 0.3 is 0 Å². The van der Waals surface area contributed by atoms with Crippen molar-refractivity contribution >= 4 is 10.0 Å². The van der Waals surface area contributed by atoms with Crippen LogP contribution in [-0.2, 0) is 16.6 Å². The normalized spacial score (nSPS) is 17.2. The molecular formula is C15H27N3O2S. The molecule has 1 aromatic heterocycles. The van der Waals surface area contributed by atoms with Crippen LogP contribution in [0.5, 0.6) is 0 Å². The molecule has 1 aromatic rings. The fraction of sp³-hybridized carbons (Fsp3) is 0.733. The van der Waals surface area contributed by atoms with Crippen LogP contribution in [0, 0.1) is 0 Å². The highest BCUT2D eigenvalue weighted by Gasteiger charge is 2.32. The molecule has 1 heterocycles. The highest BCUT2D eigenvalue weighted by Crippen LogP contribution is 2.28. The first kappa shape index (κ1) is 16.5. The van der Waals surface area contributed by atoms with Crippen LogP contribution in [0.15, 0.2) is 17.2 Å². The van der Waals surface area contributed by atoms with E-state index in [-0.39, 0.29) is 6.04 Å². The topological polar surface area (TPSA) is 65.2 Å². The third-order valence-electron chi connectivity index (χ3n) is 4.07. The summed E-state index contributed by atoms with van der Waals surface area (Å²) in [4.78, 5) is 3.45. The summed E-state index contributed by atoms with van der Waals surface area (Å²) in [7, 11) is -3.38. The van der Waals surface area contributed by atoms with Crippen molar-refractivity contribution in [2.24, 2.45) is 0 Å². The van der Waals surface area contributed by atoms with E-state index >= 15 is 0 Å². The Labute approximate surface area is 128 Å². The van der Waals surface area contributed by atoms with Gasteiger partial charge in [0.25, 0.3) is 0 Å². The number of hydrogen-bond acceptors (Lipinski definition) is 3. The largest absolute Gasteiger partial charge is 0.363 e. The second-order valence-electron chi connectivity index (χ2n) is 6.04. The fourth-order valence-corrected chi connectivity index (χ4v) is 4.65. The number of sulfonamides is 1. The molecule has 5 nitrogen and oxygen atoms in total. The number of rotatable bonds is 7. The SMILES string of the molecule is CCN(C1CCCC1)S(=O)(=O)c1c[nH]c(CNC(C)C)c1. The molecule has 0 atom stereocenters. The molecule has 6 heteroatoms. The van der Waals surface area contributed by atoms with Gasteiger partial charge in [0.05, 0.1) is 4.90 Å². The Hall–Kier alpha value is -0.850. The number of nitrogens with one attached hydrogen (secondary N) is 2. The van der Waals surface area contributed by atoms with Gasteiger partial charge in [-0.3, -0.25) is 0 Å². The Morgan fingerprint density at radius 3 is 2.62 bits per heavy atom. The molecule has 120 valence electrons. The van der Waals surface area contributed by atoms with E-state index in [2.05, 4.69) is 24.1 Å². The number of aromatic amines is 1. The standard InChI is InChI=1S/C15H27N3O2S/c1-4-18(14-7-5-6-8-14)21(19,20)15-9-13(17-11-15)10-16-12(2)3/h9,11-12,14,16-17H,4-8,10H2,1-3H3. The van der Waals surface area contributed by atoms with Gasteiger partial charge in [-0.2, -0.15) is 4.31 Å². The number of aromatic nitrogens is 1. The molecule has 0 amide bonds. The molecule has 0 bridgehead atoms. The van der Waals surface area contributed by atoms with Crippen molar-refractivity contribution in [1.82, 2.24) is 14.6 Å². The molecule has 2 N–H and O–H groups in total. The Balaban J connectivity index is 2.14. The van der Waals surface area contributed by atoms with Crippen LogP contribution in [-0.4, -0.2) is 36.3 Å². The van der Waals surface area contributed by atoms with E-state index in [0.29, 0.717) is 24.0 Å². The van der Waals surface area contributed by atoms with Crippen LogP contribution in [0.1, 0.15) is 52.1 Å². The van der Waals surface area contributed by atoms with Crippen molar-refractivity contribution in [1.29, 1.82) is 0 Å². The second kappa shape index (κ2) is 6.94. The van der Waals surface area contributed by atoms with E-state index in [0.717, 1.165) is 31.4 Å². The Kier molecular flexibility index (Phi) is 5.46. The summed E-state index contributed by atoms with van der Waals surface area (Å²) in [6.07, 6.45) is 5.85. The maximum Gasteiger partial charge on any atom is 0.244 e. The smallest absolute Gasteiger partial charge is 0.244 e. The molecule has 0 saturated heterocycles. The van der Waals surface area contributed by atoms with Crippen molar-refractivity contribution < 1.29 is 8.42 Å². The van der Waals surface area contributed by atoms with Crippen LogP contribution in [0.4, 0.5) is 0 Å². The summed E-state index contributed by atoms with van der Waals surface area (Å²) in [5.41, 5.74) is 0.907. The van der Waals surface area contributed by atoms with E-state index in [4.69, 9.17) is 0 Å². The predicted octanol–water partition coefficient (Wildman–Crippen LogP) is 2.47. The highest BCUT2D eigenvalue weighted by atomic mass is 32.2. The molecule has 0 aromatic carbocycles. The van der Waals surface area contributed by atoms with E-state index in [1.807, 2.05) is 6.92 Å². The van der Waals surface area contributed by atoms with Crippen molar-refractivity contribution in [2.75, 3.05) is 6.54 Å². The zero-order chi connectivity index (χ0) is 15.5. The van der Waals surface area contributed by atoms with E-state index in [9.17, 15) is 8.42 Å². The lowest BCUT2D eigenvalue weighted by atomic mass is 10.2. The minimum absolute atomic E-state index is 0.173. The van der Waals surface area contributed by atoms with Gasteiger partial charge in [-0.05, 0) is 18.9 Å². The third-order valence-corrected chi connectivity index (χ3v) is 6.07. The summed E-state index contributed by atoms with van der Waals surface area (Å²) < 4.78 is 27.2. The Bertz CT molecular complexity index is 545. The quantitative estimate of drug-likeness (QED) is 0.813. The fourth-order valence-electron chi connectivity index (χ4n) is 2.94. The van der Waals surface area contributed by atoms with Crippen LogP contribution < -0.4 is 5.32 Å². The molecule has 1 aliphatic rings. The summed E-state index contributed by atoms with van der Waals surface area (Å²) in [6, 6.07) is 2.30. The first-order chi connectivity index (χ1) is 9.95. The zero-order valence-corrected chi connectivity index (χ0v) is 14.0. The molecular weight excluding hydrogens is 286 g/mol. The molecule has 21 heavy (non-hydrogen) atoms. The molecule has 0 aliphatic heterocycles. The van der Waals surface area contributed by atoms with Gasteiger partial charge in [-0.25, -0.2) is 8.42 Å². The first-order valence-corrected chi connectivity index (χ1v) is 9.31. The Morgan fingerprint density at radius 1 is 1.38 bits per heavy atom. The zero-order valence-electron chi connectivity index (χ0n) is 13.2. The minimum Gasteiger partial charge on any atom is -0.363 e. The highest BCUT2D eigenvalue weighted by molar-refractivity contribution is 7.89. The van der Waals surface area contributed by atoms with E-state index in [1.54, 1.807) is 16.6 Å². The maximum absolute atomic E-state index is 12.8. The van der Waals surface area contributed by atoms with Crippen LogP contribution in [0.2, 0.25) is 0 Å². The summed E-state index contributed by atoms with van der Waals surface area (Å²) in [5, 5.41) is 3.29. The molecule has 0 spiro atoms. The van der Waals surface area contributed by atoms with Gasteiger partial charge < -0.3 is 10.3 Å². The summed E-state index contributed by atoms with van der Waals surface area (Å²) in [5.74, 6) is 0. The lowest BCUT2D eigenvalue weighted by molar-refractivity contribution is 0.335. The van der Waals surface area contributed by atoms with Gasteiger partial charge in [-0.15, -0.1) is 0 Å². The third kappa shape index (κ3) is 3.87. The number of H-pyrrole nitrogens is 1. The van der Waals surface area contributed by atoms with Gasteiger partial charge in [0, 0.05) is 37.1 Å². The molecule has 0 radical (unpaired) electrons. The van der Waals surface area contributed by atoms with Gasteiger partial charge in [0.2, 0.25) is 10.0 Å². The summed E-state index contributed by atoms with van der Waals surface area (Å²) >= 11 is 0. The molecule has 2 rings (SSSR count). The lowest BCUT2D eigenvalue weighted by Crippen LogP contribution is -2.38. The lowest BCUT2D eigenvalue weighted by Gasteiger charge is -2.26. The molecule has 0 unspecified atom stereocenters. The predicted molar refractivity (Wildman–Crippen MR) is 84.6 cm³/mol. The average molecular weight is 313 g/mol. The number of nitrogens with zero attached hydrogens (tertiary/aromatic N) is 1. The van der Waals surface area contributed by atoms with Crippen molar-refractivity contribution in [3.63, 3.8) is 0 Å². The van der Waals surface area contributed by atoms with E-state index < -0.39 is 10.0 Å². The van der Waals surface area contributed by atoms with E-state index in [1.165, 1.54) is 0 Å². The van der Waals surface area contributed by atoms with Gasteiger partial charge in [-0.1, -0.05) is 33.6 Å². The van der Waals surface area contributed by atoms with Crippen molar-refractivity contribution in [3.05, 3.63) is 18.0 Å². The Morgan fingerprint density at radius 2 is 2.05 bits per heavy atom. The minimum atomic E-state index is -3.38.